The second kappa shape index (κ2) is 7.16. The van der Waals surface area contributed by atoms with E-state index >= 15 is 0 Å². The molecule has 100 valence electrons. The lowest BCUT2D eigenvalue weighted by atomic mass is 10.1. The van der Waals surface area contributed by atoms with E-state index < -0.39 is 0 Å². The first-order valence-corrected chi connectivity index (χ1v) is 7.30. The van der Waals surface area contributed by atoms with Gasteiger partial charge in [0.1, 0.15) is 0 Å². The average Bonchev–Trinajstić information content (AvgIpc) is 2.32. The second-order valence-corrected chi connectivity index (χ2v) is 4.93. The summed E-state index contributed by atoms with van der Waals surface area (Å²) in [5.41, 5.74) is 7.82. The number of carbonyl (C=O) groups excluding carboxylic acids is 1. The van der Waals surface area contributed by atoms with Crippen LogP contribution in [-0.2, 0) is 4.74 Å². The van der Waals surface area contributed by atoms with Gasteiger partial charge in [0.2, 0.25) is 0 Å². The van der Waals surface area contributed by atoms with Crippen LogP contribution in [0.3, 0.4) is 0 Å². The normalized spacial score (nSPS) is 11.9. The van der Waals surface area contributed by atoms with Gasteiger partial charge in [-0.25, -0.2) is 4.79 Å². The number of hydrogen-bond acceptors (Lipinski definition) is 5. The van der Waals surface area contributed by atoms with Crippen LogP contribution < -0.4 is 11.1 Å². The molecule has 0 heterocycles. The maximum Gasteiger partial charge on any atom is 0.338 e. The molecule has 0 spiro atoms. The Kier molecular flexibility index (Phi) is 5.85. The Hall–Kier alpha value is -1.36. The number of nitrogens with two attached hydrogens (primary N) is 1. The lowest BCUT2D eigenvalue weighted by Crippen LogP contribution is -2.18. The van der Waals surface area contributed by atoms with Crippen molar-refractivity contribution in [2.75, 3.05) is 29.7 Å². The molecule has 3 N–H and O–H groups in total. The molecule has 0 aliphatic heterocycles. The van der Waals surface area contributed by atoms with Crippen LogP contribution in [0, 0.1) is 0 Å². The molecule has 0 fully saturated rings. The molecule has 5 heteroatoms. The van der Waals surface area contributed by atoms with Gasteiger partial charge in [0.25, 0.3) is 0 Å². The molecule has 0 saturated carbocycles. The Morgan fingerprint density at radius 3 is 2.83 bits per heavy atom. The summed E-state index contributed by atoms with van der Waals surface area (Å²) in [5, 5.41) is 3.31. The summed E-state index contributed by atoms with van der Waals surface area (Å²) in [4.78, 5) is 11.5. The number of nitrogen functional groups attached to an aromatic ring is 1. The zero-order valence-electron chi connectivity index (χ0n) is 11.0. The molecule has 18 heavy (non-hydrogen) atoms. The van der Waals surface area contributed by atoms with E-state index in [0.717, 1.165) is 11.4 Å². The number of benzene rings is 1. The SMILES string of the molecule is CCOC(=O)c1ccc(NC(C)CSC)c(N)c1. The van der Waals surface area contributed by atoms with Gasteiger partial charge in [-0.3, -0.25) is 0 Å². The first-order chi connectivity index (χ1) is 8.58. The zero-order valence-corrected chi connectivity index (χ0v) is 11.8. The summed E-state index contributed by atoms with van der Waals surface area (Å²) < 4.78 is 4.92. The van der Waals surface area contributed by atoms with Crippen LogP contribution in [-0.4, -0.2) is 30.6 Å². The minimum absolute atomic E-state index is 0.329. The summed E-state index contributed by atoms with van der Waals surface area (Å²) in [5.74, 6) is 0.659. The van der Waals surface area contributed by atoms with E-state index in [1.165, 1.54) is 0 Å². The third-order valence-electron chi connectivity index (χ3n) is 2.38. The molecule has 0 aliphatic carbocycles. The van der Waals surface area contributed by atoms with E-state index in [1.807, 2.05) is 6.07 Å². The molecule has 0 bridgehead atoms. The first-order valence-electron chi connectivity index (χ1n) is 5.90. The van der Waals surface area contributed by atoms with Crippen LogP contribution >= 0.6 is 11.8 Å². The summed E-state index contributed by atoms with van der Waals surface area (Å²) in [6.45, 7) is 4.24. The Balaban J connectivity index is 2.76. The van der Waals surface area contributed by atoms with Crippen LogP contribution in [0.25, 0.3) is 0 Å². The van der Waals surface area contributed by atoms with Gasteiger partial charge in [-0.15, -0.1) is 0 Å². The molecular weight excluding hydrogens is 248 g/mol. The third kappa shape index (κ3) is 4.14. The third-order valence-corrected chi connectivity index (χ3v) is 3.21. The lowest BCUT2D eigenvalue weighted by Gasteiger charge is -2.16. The highest BCUT2D eigenvalue weighted by Crippen LogP contribution is 2.21. The molecule has 1 aromatic rings. The van der Waals surface area contributed by atoms with Crippen molar-refractivity contribution in [2.24, 2.45) is 0 Å². The van der Waals surface area contributed by atoms with Gasteiger partial charge in [0.15, 0.2) is 0 Å². The van der Waals surface area contributed by atoms with Gasteiger partial charge in [0, 0.05) is 11.8 Å². The van der Waals surface area contributed by atoms with E-state index in [1.54, 1.807) is 30.8 Å². The largest absolute Gasteiger partial charge is 0.462 e. The number of esters is 1. The number of hydrogen-bond donors (Lipinski definition) is 2. The van der Waals surface area contributed by atoms with Crippen molar-refractivity contribution in [1.29, 1.82) is 0 Å². The van der Waals surface area contributed by atoms with Gasteiger partial charge in [-0.05, 0) is 38.3 Å². The van der Waals surface area contributed by atoms with Crippen LogP contribution in [0.4, 0.5) is 11.4 Å². The van der Waals surface area contributed by atoms with Crippen molar-refractivity contribution in [2.45, 2.75) is 19.9 Å². The molecule has 1 aromatic carbocycles. The van der Waals surface area contributed by atoms with Crippen molar-refractivity contribution in [3.63, 3.8) is 0 Å². The lowest BCUT2D eigenvalue weighted by molar-refractivity contribution is 0.0526. The number of ether oxygens (including phenoxy) is 1. The zero-order chi connectivity index (χ0) is 13.5. The van der Waals surface area contributed by atoms with Gasteiger partial charge < -0.3 is 15.8 Å². The molecule has 0 radical (unpaired) electrons. The second-order valence-electron chi connectivity index (χ2n) is 4.02. The van der Waals surface area contributed by atoms with Crippen molar-refractivity contribution >= 4 is 29.1 Å². The fourth-order valence-electron chi connectivity index (χ4n) is 1.59. The Bertz CT molecular complexity index is 410. The Labute approximate surface area is 112 Å². The summed E-state index contributed by atoms with van der Waals surface area (Å²) in [7, 11) is 0. The maximum atomic E-state index is 11.5. The maximum absolute atomic E-state index is 11.5. The van der Waals surface area contributed by atoms with Crippen molar-refractivity contribution < 1.29 is 9.53 Å². The quantitative estimate of drug-likeness (QED) is 0.613. The Morgan fingerprint density at radius 1 is 1.56 bits per heavy atom. The average molecular weight is 268 g/mol. The minimum Gasteiger partial charge on any atom is -0.462 e. The van der Waals surface area contributed by atoms with Crippen molar-refractivity contribution in [3.8, 4) is 0 Å². The van der Waals surface area contributed by atoms with Crippen LogP contribution in [0.5, 0.6) is 0 Å². The predicted molar refractivity (Wildman–Crippen MR) is 78.3 cm³/mol. The standard InChI is InChI=1S/C13H20N2O2S/c1-4-17-13(16)10-5-6-12(11(14)7-10)15-9(2)8-18-3/h5-7,9,15H,4,8,14H2,1-3H3. The van der Waals surface area contributed by atoms with E-state index in [0.29, 0.717) is 23.9 Å². The monoisotopic (exact) mass is 268 g/mol. The number of anilines is 2. The topological polar surface area (TPSA) is 64.3 Å². The Morgan fingerprint density at radius 2 is 2.28 bits per heavy atom. The fourth-order valence-corrected chi connectivity index (χ4v) is 2.18. The van der Waals surface area contributed by atoms with Gasteiger partial charge in [0.05, 0.1) is 23.5 Å². The predicted octanol–water partition coefficient (Wildman–Crippen LogP) is 2.61. The molecule has 1 unspecified atom stereocenters. The molecular formula is C13H20N2O2S. The number of carbonyl (C=O) groups is 1. The molecule has 4 nitrogen and oxygen atoms in total. The number of thioether (sulfide) groups is 1. The van der Waals surface area contributed by atoms with Gasteiger partial charge in [-0.1, -0.05) is 0 Å². The van der Waals surface area contributed by atoms with E-state index in [2.05, 4.69) is 18.5 Å². The van der Waals surface area contributed by atoms with Gasteiger partial charge in [-0.2, -0.15) is 11.8 Å². The summed E-state index contributed by atoms with van der Waals surface area (Å²) >= 11 is 1.77. The minimum atomic E-state index is -0.340. The summed E-state index contributed by atoms with van der Waals surface area (Å²) in [6.07, 6.45) is 2.06. The van der Waals surface area contributed by atoms with Crippen molar-refractivity contribution in [1.82, 2.24) is 0 Å². The first kappa shape index (κ1) is 14.7. The van der Waals surface area contributed by atoms with E-state index in [-0.39, 0.29) is 5.97 Å². The molecule has 0 amide bonds. The molecule has 0 saturated heterocycles. The molecule has 0 aliphatic rings. The molecule has 1 rings (SSSR count). The van der Waals surface area contributed by atoms with E-state index in [9.17, 15) is 4.79 Å². The smallest absolute Gasteiger partial charge is 0.338 e. The molecule has 1 atom stereocenters. The highest BCUT2D eigenvalue weighted by molar-refractivity contribution is 7.98. The number of nitrogens with one attached hydrogen (secondary N) is 1. The van der Waals surface area contributed by atoms with E-state index in [4.69, 9.17) is 10.5 Å². The van der Waals surface area contributed by atoms with Crippen LogP contribution in [0.2, 0.25) is 0 Å². The summed E-state index contributed by atoms with van der Waals surface area (Å²) in [6, 6.07) is 5.52. The van der Waals surface area contributed by atoms with Gasteiger partial charge >= 0.3 is 5.97 Å². The van der Waals surface area contributed by atoms with Crippen LogP contribution in [0.1, 0.15) is 24.2 Å². The molecule has 0 aromatic heterocycles. The number of rotatable bonds is 6. The fraction of sp³-hybridized carbons (Fsp3) is 0.462. The highest BCUT2D eigenvalue weighted by Gasteiger charge is 2.10. The van der Waals surface area contributed by atoms with Crippen molar-refractivity contribution in [3.05, 3.63) is 23.8 Å². The highest BCUT2D eigenvalue weighted by atomic mass is 32.2. The van der Waals surface area contributed by atoms with Crippen LogP contribution in [0.15, 0.2) is 18.2 Å².